The minimum absolute atomic E-state index is 0.107. The molecule has 0 aliphatic rings. The van der Waals surface area contributed by atoms with E-state index in [-0.39, 0.29) is 18.0 Å². The molecule has 0 radical (unpaired) electrons. The molecule has 0 aromatic carbocycles. The van der Waals surface area contributed by atoms with Crippen LogP contribution >= 0.6 is 0 Å². The van der Waals surface area contributed by atoms with E-state index in [4.69, 9.17) is 9.84 Å². The summed E-state index contributed by atoms with van der Waals surface area (Å²) in [4.78, 5) is 25.7. The summed E-state index contributed by atoms with van der Waals surface area (Å²) in [5, 5.41) is 11.2. The number of amides is 1. The van der Waals surface area contributed by atoms with Gasteiger partial charge in [-0.2, -0.15) is 0 Å². The molecule has 0 saturated heterocycles. The van der Waals surface area contributed by atoms with Crippen LogP contribution in [0.2, 0.25) is 0 Å². The van der Waals surface area contributed by atoms with Crippen molar-refractivity contribution < 1.29 is 19.4 Å². The predicted molar refractivity (Wildman–Crippen MR) is 56.3 cm³/mol. The summed E-state index contributed by atoms with van der Waals surface area (Å²) < 4.78 is 4.89. The van der Waals surface area contributed by atoms with E-state index >= 15 is 0 Å². The predicted octanol–water partition coefficient (Wildman–Crippen LogP) is 0.755. The third-order valence-electron chi connectivity index (χ3n) is 1.72. The maximum atomic E-state index is 11.3. The van der Waals surface area contributed by atoms with E-state index in [0.29, 0.717) is 6.61 Å². The summed E-state index contributed by atoms with van der Waals surface area (Å²) in [5.74, 6) is -1.59. The lowest BCUT2D eigenvalue weighted by atomic mass is 10.3. The van der Waals surface area contributed by atoms with Gasteiger partial charge in [0.1, 0.15) is 6.61 Å². The molecule has 6 heteroatoms. The quantitative estimate of drug-likeness (QED) is 0.770. The van der Waals surface area contributed by atoms with E-state index in [0.717, 1.165) is 0 Å². The highest BCUT2D eigenvalue weighted by Gasteiger charge is 2.12. The van der Waals surface area contributed by atoms with Crippen molar-refractivity contribution in [3.63, 3.8) is 0 Å². The summed E-state index contributed by atoms with van der Waals surface area (Å²) >= 11 is 0. The second-order valence-corrected chi connectivity index (χ2v) is 2.89. The van der Waals surface area contributed by atoms with Gasteiger partial charge >= 0.3 is 5.97 Å². The molecular formula is C10H12N2O4. The summed E-state index contributed by atoms with van der Waals surface area (Å²) in [5.41, 5.74) is -0.0212. The molecule has 16 heavy (non-hydrogen) atoms. The lowest BCUT2D eigenvalue weighted by Crippen LogP contribution is -2.20. The zero-order valence-electron chi connectivity index (χ0n) is 8.77. The van der Waals surface area contributed by atoms with Gasteiger partial charge in [0, 0.05) is 12.8 Å². The molecule has 0 bridgehead atoms. The Bertz CT molecular complexity index is 392. The normalized spacial score (nSPS) is 9.81. The maximum Gasteiger partial charge on any atom is 0.356 e. The van der Waals surface area contributed by atoms with Crippen molar-refractivity contribution in [3.8, 4) is 0 Å². The number of nitrogens with zero attached hydrogens (tertiary/aromatic N) is 1. The summed E-state index contributed by atoms with van der Waals surface area (Å²) in [7, 11) is 0. The van der Waals surface area contributed by atoms with E-state index in [1.807, 2.05) is 0 Å². The fourth-order valence-corrected chi connectivity index (χ4v) is 1.06. The van der Waals surface area contributed by atoms with Gasteiger partial charge in [0.2, 0.25) is 5.91 Å². The number of rotatable bonds is 5. The highest BCUT2D eigenvalue weighted by atomic mass is 16.5. The van der Waals surface area contributed by atoms with Gasteiger partial charge in [0.05, 0.1) is 5.69 Å². The van der Waals surface area contributed by atoms with E-state index in [1.165, 1.54) is 12.3 Å². The van der Waals surface area contributed by atoms with Crippen molar-refractivity contribution in [3.05, 3.63) is 24.0 Å². The second kappa shape index (κ2) is 5.82. The largest absolute Gasteiger partial charge is 0.476 e. The Kier molecular flexibility index (Phi) is 4.41. The molecule has 0 aliphatic carbocycles. The minimum atomic E-state index is -1.19. The first-order valence-corrected chi connectivity index (χ1v) is 4.71. The van der Waals surface area contributed by atoms with Crippen LogP contribution in [-0.4, -0.2) is 35.2 Å². The Hall–Kier alpha value is -1.95. The van der Waals surface area contributed by atoms with E-state index in [1.54, 1.807) is 13.0 Å². The SMILES string of the molecule is CCOCC(=O)Nc1cccnc1C(=O)O. The van der Waals surface area contributed by atoms with Crippen molar-refractivity contribution in [1.29, 1.82) is 0 Å². The van der Waals surface area contributed by atoms with Crippen LogP contribution in [0.4, 0.5) is 5.69 Å². The monoisotopic (exact) mass is 224 g/mol. The number of aromatic nitrogens is 1. The summed E-state index contributed by atoms with van der Waals surface area (Å²) in [6.45, 7) is 2.08. The Morgan fingerprint density at radius 2 is 2.31 bits per heavy atom. The summed E-state index contributed by atoms with van der Waals surface area (Å²) in [6, 6.07) is 3.02. The zero-order chi connectivity index (χ0) is 12.0. The molecule has 1 rings (SSSR count). The average Bonchev–Trinajstić information content (AvgIpc) is 2.27. The van der Waals surface area contributed by atoms with Crippen LogP contribution in [-0.2, 0) is 9.53 Å². The topological polar surface area (TPSA) is 88.5 Å². The fourth-order valence-electron chi connectivity index (χ4n) is 1.06. The molecule has 0 atom stereocenters. The smallest absolute Gasteiger partial charge is 0.356 e. The Balaban J connectivity index is 2.73. The van der Waals surface area contributed by atoms with Gasteiger partial charge in [-0.15, -0.1) is 0 Å². The fraction of sp³-hybridized carbons (Fsp3) is 0.300. The van der Waals surface area contributed by atoms with Crippen LogP contribution in [0.25, 0.3) is 0 Å². The van der Waals surface area contributed by atoms with Crippen molar-refractivity contribution in [2.45, 2.75) is 6.92 Å². The number of hydrogen-bond donors (Lipinski definition) is 2. The van der Waals surface area contributed by atoms with Gasteiger partial charge < -0.3 is 15.2 Å². The van der Waals surface area contributed by atoms with Crippen LogP contribution in [0.3, 0.4) is 0 Å². The Morgan fingerprint density at radius 1 is 1.56 bits per heavy atom. The van der Waals surface area contributed by atoms with Crippen LogP contribution in [0.5, 0.6) is 0 Å². The highest BCUT2D eigenvalue weighted by Crippen LogP contribution is 2.11. The second-order valence-electron chi connectivity index (χ2n) is 2.89. The van der Waals surface area contributed by atoms with Crippen LogP contribution in [0.1, 0.15) is 17.4 Å². The molecule has 0 spiro atoms. The van der Waals surface area contributed by atoms with Gasteiger partial charge in [0.15, 0.2) is 5.69 Å². The lowest BCUT2D eigenvalue weighted by Gasteiger charge is -2.06. The zero-order valence-corrected chi connectivity index (χ0v) is 8.77. The number of ether oxygens (including phenoxy) is 1. The van der Waals surface area contributed by atoms with Gasteiger partial charge in [-0.25, -0.2) is 9.78 Å². The van der Waals surface area contributed by atoms with E-state index in [2.05, 4.69) is 10.3 Å². The first-order valence-electron chi connectivity index (χ1n) is 4.71. The molecule has 0 fully saturated rings. The molecule has 0 aliphatic heterocycles. The molecule has 1 aromatic heterocycles. The number of carboxylic acids is 1. The summed E-state index contributed by atoms with van der Waals surface area (Å²) in [6.07, 6.45) is 1.35. The number of carbonyl (C=O) groups excluding carboxylic acids is 1. The molecule has 6 nitrogen and oxygen atoms in total. The van der Waals surface area contributed by atoms with Crippen LogP contribution in [0, 0.1) is 0 Å². The molecule has 0 unspecified atom stereocenters. The van der Waals surface area contributed by atoms with Crippen molar-refractivity contribution in [2.75, 3.05) is 18.5 Å². The number of pyridine rings is 1. The van der Waals surface area contributed by atoms with E-state index in [9.17, 15) is 9.59 Å². The van der Waals surface area contributed by atoms with E-state index < -0.39 is 11.9 Å². The van der Waals surface area contributed by atoms with Crippen LogP contribution < -0.4 is 5.32 Å². The average molecular weight is 224 g/mol. The number of carboxylic acid groups (broad SMARTS) is 1. The van der Waals surface area contributed by atoms with Gasteiger partial charge in [-0.3, -0.25) is 4.79 Å². The number of hydrogen-bond acceptors (Lipinski definition) is 4. The molecule has 2 N–H and O–H groups in total. The number of carbonyl (C=O) groups is 2. The molecule has 1 amide bonds. The number of aromatic carboxylic acids is 1. The third kappa shape index (κ3) is 3.32. The highest BCUT2D eigenvalue weighted by molar-refractivity contribution is 5.99. The minimum Gasteiger partial charge on any atom is -0.476 e. The van der Waals surface area contributed by atoms with Crippen molar-refractivity contribution in [1.82, 2.24) is 4.98 Å². The van der Waals surface area contributed by atoms with Crippen molar-refractivity contribution >= 4 is 17.6 Å². The molecule has 86 valence electrons. The van der Waals surface area contributed by atoms with Gasteiger partial charge in [-0.05, 0) is 19.1 Å². The van der Waals surface area contributed by atoms with Gasteiger partial charge in [-0.1, -0.05) is 0 Å². The molecule has 0 saturated carbocycles. The maximum absolute atomic E-state index is 11.3. The molecule has 1 heterocycles. The Morgan fingerprint density at radius 3 is 2.94 bits per heavy atom. The number of anilines is 1. The first-order chi connectivity index (χ1) is 7.65. The molecular weight excluding hydrogens is 212 g/mol. The standard InChI is InChI=1S/C10H12N2O4/c1-2-16-6-8(13)12-7-4-3-5-11-9(7)10(14)15/h3-5H,2,6H2,1H3,(H,12,13)(H,14,15). The number of nitrogens with one attached hydrogen (secondary N) is 1. The first kappa shape index (κ1) is 12.1. The van der Waals surface area contributed by atoms with Crippen molar-refractivity contribution in [2.24, 2.45) is 0 Å². The lowest BCUT2D eigenvalue weighted by molar-refractivity contribution is -0.120. The third-order valence-corrected chi connectivity index (χ3v) is 1.72. The molecule has 1 aromatic rings. The Labute approximate surface area is 92.3 Å². The van der Waals surface area contributed by atoms with Crippen LogP contribution in [0.15, 0.2) is 18.3 Å². The van der Waals surface area contributed by atoms with Gasteiger partial charge in [0.25, 0.3) is 0 Å².